The number of para-hydroxylation sites is 1. The van der Waals surface area contributed by atoms with Gasteiger partial charge in [-0.3, -0.25) is 0 Å². The Morgan fingerprint density at radius 3 is 2.76 bits per heavy atom. The highest BCUT2D eigenvalue weighted by atomic mass is 35.5. The lowest BCUT2D eigenvalue weighted by atomic mass is 10.1. The standard InChI is InChI=1S/C13H10ClN3/c14-8-5-6-11-12(7-8)17-13(15)9-3-1-2-4-10(9)16-11/h1-7,16H,(H2,15,17). The van der Waals surface area contributed by atoms with Crippen LogP contribution in [0.15, 0.2) is 47.5 Å². The number of fused-ring (bicyclic) bond motifs is 2. The third-order valence-electron chi connectivity index (χ3n) is 2.67. The van der Waals surface area contributed by atoms with Crippen molar-refractivity contribution in [3.63, 3.8) is 0 Å². The quantitative estimate of drug-likeness (QED) is 0.745. The lowest BCUT2D eigenvalue weighted by Gasteiger charge is -2.08. The molecule has 0 aliphatic carbocycles. The molecule has 3 rings (SSSR count). The largest absolute Gasteiger partial charge is 0.383 e. The van der Waals surface area contributed by atoms with E-state index in [0.717, 1.165) is 22.6 Å². The van der Waals surface area contributed by atoms with Crippen LogP contribution < -0.4 is 11.1 Å². The van der Waals surface area contributed by atoms with Gasteiger partial charge in [0.15, 0.2) is 0 Å². The SMILES string of the molecule is NC1=Nc2cc(Cl)ccc2Nc2ccccc21. The predicted octanol–water partition coefficient (Wildman–Crippen LogP) is 3.43. The van der Waals surface area contributed by atoms with Crippen molar-refractivity contribution in [3.05, 3.63) is 53.1 Å². The number of nitrogens with one attached hydrogen (secondary N) is 1. The van der Waals surface area contributed by atoms with E-state index in [4.69, 9.17) is 17.3 Å². The number of nitrogens with two attached hydrogens (primary N) is 1. The first-order chi connectivity index (χ1) is 8.24. The summed E-state index contributed by atoms with van der Waals surface area (Å²) in [6.45, 7) is 0. The molecule has 4 heteroatoms. The third-order valence-corrected chi connectivity index (χ3v) is 2.91. The Balaban J connectivity index is 2.24. The predicted molar refractivity (Wildman–Crippen MR) is 71.6 cm³/mol. The van der Waals surface area contributed by atoms with Crippen LogP contribution in [0.3, 0.4) is 0 Å². The van der Waals surface area contributed by atoms with Crippen molar-refractivity contribution in [2.75, 3.05) is 5.32 Å². The number of anilines is 2. The van der Waals surface area contributed by atoms with Crippen molar-refractivity contribution < 1.29 is 0 Å². The summed E-state index contributed by atoms with van der Waals surface area (Å²) in [5.41, 5.74) is 9.49. The molecule has 1 heterocycles. The molecule has 2 aromatic rings. The summed E-state index contributed by atoms with van der Waals surface area (Å²) in [4.78, 5) is 4.39. The van der Waals surface area contributed by atoms with E-state index in [1.807, 2.05) is 36.4 Å². The molecule has 1 aliphatic rings. The summed E-state index contributed by atoms with van der Waals surface area (Å²) in [5.74, 6) is 0.495. The van der Waals surface area contributed by atoms with Crippen molar-refractivity contribution in [2.24, 2.45) is 10.7 Å². The summed E-state index contributed by atoms with van der Waals surface area (Å²) in [6, 6.07) is 13.3. The van der Waals surface area contributed by atoms with Gasteiger partial charge in [0, 0.05) is 16.3 Å². The second kappa shape index (κ2) is 3.79. The van der Waals surface area contributed by atoms with Gasteiger partial charge < -0.3 is 11.1 Å². The molecule has 0 bridgehead atoms. The van der Waals surface area contributed by atoms with Gasteiger partial charge >= 0.3 is 0 Å². The number of hydrogen-bond donors (Lipinski definition) is 2. The van der Waals surface area contributed by atoms with Gasteiger partial charge in [-0.1, -0.05) is 23.7 Å². The number of aliphatic imine (C=N–C) groups is 1. The Hall–Kier alpha value is -2.00. The maximum absolute atomic E-state index is 5.98. The van der Waals surface area contributed by atoms with E-state index in [2.05, 4.69) is 10.3 Å². The average molecular weight is 244 g/mol. The third kappa shape index (κ3) is 1.74. The van der Waals surface area contributed by atoms with Gasteiger partial charge in [0.1, 0.15) is 5.84 Å². The molecule has 0 aromatic heterocycles. The Morgan fingerprint density at radius 1 is 1.06 bits per heavy atom. The van der Waals surface area contributed by atoms with Gasteiger partial charge in [-0.15, -0.1) is 0 Å². The highest BCUT2D eigenvalue weighted by Crippen LogP contribution is 2.34. The van der Waals surface area contributed by atoms with Crippen LogP contribution in [0.2, 0.25) is 5.02 Å². The topological polar surface area (TPSA) is 50.4 Å². The molecule has 84 valence electrons. The molecule has 0 fully saturated rings. The molecule has 0 saturated carbocycles. The zero-order valence-electron chi connectivity index (χ0n) is 8.94. The fourth-order valence-corrected chi connectivity index (χ4v) is 2.02. The zero-order chi connectivity index (χ0) is 11.8. The van der Waals surface area contributed by atoms with Crippen LogP contribution in [0.4, 0.5) is 17.1 Å². The highest BCUT2D eigenvalue weighted by molar-refractivity contribution is 6.31. The second-order valence-corrected chi connectivity index (χ2v) is 4.27. The average Bonchev–Trinajstić information content (AvgIpc) is 2.46. The summed E-state index contributed by atoms with van der Waals surface area (Å²) in [5, 5.41) is 3.95. The van der Waals surface area contributed by atoms with E-state index >= 15 is 0 Å². The van der Waals surface area contributed by atoms with Crippen molar-refractivity contribution in [3.8, 4) is 0 Å². The van der Waals surface area contributed by atoms with E-state index < -0.39 is 0 Å². The molecule has 3 nitrogen and oxygen atoms in total. The molecule has 17 heavy (non-hydrogen) atoms. The highest BCUT2D eigenvalue weighted by Gasteiger charge is 2.13. The smallest absolute Gasteiger partial charge is 0.133 e. The lowest BCUT2D eigenvalue weighted by molar-refractivity contribution is 1.48. The van der Waals surface area contributed by atoms with E-state index in [-0.39, 0.29) is 0 Å². The minimum atomic E-state index is 0.495. The van der Waals surface area contributed by atoms with Gasteiger partial charge in [0.05, 0.1) is 11.4 Å². The number of halogens is 1. The Labute approximate surface area is 104 Å². The summed E-state index contributed by atoms with van der Waals surface area (Å²) in [6.07, 6.45) is 0. The van der Waals surface area contributed by atoms with Crippen LogP contribution in [-0.2, 0) is 0 Å². The van der Waals surface area contributed by atoms with Gasteiger partial charge in [-0.25, -0.2) is 4.99 Å². The van der Waals surface area contributed by atoms with Crippen molar-refractivity contribution in [1.82, 2.24) is 0 Å². The number of rotatable bonds is 0. The van der Waals surface area contributed by atoms with Crippen LogP contribution in [-0.4, -0.2) is 5.84 Å². The van der Waals surface area contributed by atoms with E-state index in [9.17, 15) is 0 Å². The normalized spacial score (nSPS) is 12.9. The molecule has 0 spiro atoms. The van der Waals surface area contributed by atoms with Crippen LogP contribution in [0.1, 0.15) is 5.56 Å². The summed E-state index contributed by atoms with van der Waals surface area (Å²) < 4.78 is 0. The van der Waals surface area contributed by atoms with Gasteiger partial charge in [0.2, 0.25) is 0 Å². The molecule has 0 saturated heterocycles. The molecule has 1 aliphatic heterocycles. The molecular formula is C13H10ClN3. The number of nitrogens with zero attached hydrogens (tertiary/aromatic N) is 1. The molecule has 0 atom stereocenters. The van der Waals surface area contributed by atoms with Crippen LogP contribution >= 0.6 is 11.6 Å². The van der Waals surface area contributed by atoms with Crippen LogP contribution in [0, 0.1) is 0 Å². The Morgan fingerprint density at radius 2 is 1.88 bits per heavy atom. The lowest BCUT2D eigenvalue weighted by Crippen LogP contribution is -2.13. The van der Waals surface area contributed by atoms with Crippen LogP contribution in [0.25, 0.3) is 0 Å². The van der Waals surface area contributed by atoms with Crippen molar-refractivity contribution in [1.29, 1.82) is 0 Å². The van der Waals surface area contributed by atoms with E-state index in [0.29, 0.717) is 10.9 Å². The number of amidine groups is 1. The first kappa shape index (κ1) is 10.2. The summed E-state index contributed by atoms with van der Waals surface area (Å²) >= 11 is 5.95. The molecule has 2 aromatic carbocycles. The fraction of sp³-hybridized carbons (Fsp3) is 0. The van der Waals surface area contributed by atoms with Crippen molar-refractivity contribution >= 4 is 34.5 Å². The van der Waals surface area contributed by atoms with Gasteiger partial charge in [0.25, 0.3) is 0 Å². The Bertz CT molecular complexity index is 620. The minimum Gasteiger partial charge on any atom is -0.383 e. The number of benzene rings is 2. The molecule has 0 amide bonds. The monoisotopic (exact) mass is 243 g/mol. The first-order valence-electron chi connectivity index (χ1n) is 5.24. The Kier molecular flexibility index (Phi) is 2.27. The summed E-state index contributed by atoms with van der Waals surface area (Å²) in [7, 11) is 0. The van der Waals surface area contributed by atoms with E-state index in [1.165, 1.54) is 0 Å². The van der Waals surface area contributed by atoms with Crippen LogP contribution in [0.5, 0.6) is 0 Å². The van der Waals surface area contributed by atoms with Gasteiger partial charge in [-0.05, 0) is 30.3 Å². The zero-order valence-corrected chi connectivity index (χ0v) is 9.70. The van der Waals surface area contributed by atoms with Crippen molar-refractivity contribution in [2.45, 2.75) is 0 Å². The number of hydrogen-bond acceptors (Lipinski definition) is 3. The fourth-order valence-electron chi connectivity index (χ4n) is 1.85. The molecule has 0 unspecified atom stereocenters. The minimum absolute atomic E-state index is 0.495. The van der Waals surface area contributed by atoms with E-state index in [1.54, 1.807) is 6.07 Å². The first-order valence-corrected chi connectivity index (χ1v) is 5.62. The van der Waals surface area contributed by atoms with Gasteiger partial charge in [-0.2, -0.15) is 0 Å². The second-order valence-electron chi connectivity index (χ2n) is 3.83. The maximum atomic E-state index is 5.98. The molecular weight excluding hydrogens is 234 g/mol. The maximum Gasteiger partial charge on any atom is 0.133 e. The molecule has 3 N–H and O–H groups in total. The molecule has 0 radical (unpaired) electrons.